The highest BCUT2D eigenvalue weighted by atomic mass is 19.1. The fourth-order valence-electron chi connectivity index (χ4n) is 0.932. The molecule has 1 rings (SSSR count). The van der Waals surface area contributed by atoms with Crippen LogP contribution in [0.5, 0.6) is 5.75 Å². The first-order valence-electron chi connectivity index (χ1n) is 3.84. The summed E-state index contributed by atoms with van der Waals surface area (Å²) in [6.07, 6.45) is 0. The summed E-state index contributed by atoms with van der Waals surface area (Å²) in [6.45, 7) is 0.353. The van der Waals surface area contributed by atoms with Gasteiger partial charge >= 0.3 is 0 Å². The molecule has 0 aliphatic carbocycles. The Morgan fingerprint density at radius 1 is 1.38 bits per heavy atom. The zero-order chi connectivity index (χ0) is 9.68. The van der Waals surface area contributed by atoms with E-state index >= 15 is 0 Å². The van der Waals surface area contributed by atoms with Crippen LogP contribution in [-0.4, -0.2) is 21.0 Å². The van der Waals surface area contributed by atoms with Crippen molar-refractivity contribution in [1.29, 1.82) is 0 Å². The highest BCUT2D eigenvalue weighted by Gasteiger charge is 2.01. The summed E-state index contributed by atoms with van der Waals surface area (Å²) in [6, 6.07) is 4.64. The Morgan fingerprint density at radius 3 is 2.69 bits per heavy atom. The van der Waals surface area contributed by atoms with Crippen molar-refractivity contribution in [3.05, 3.63) is 24.0 Å². The van der Waals surface area contributed by atoms with Crippen LogP contribution in [0.3, 0.4) is 0 Å². The van der Waals surface area contributed by atoms with Gasteiger partial charge in [0.15, 0.2) is 11.6 Å². The molecule has 13 heavy (non-hydrogen) atoms. The van der Waals surface area contributed by atoms with Gasteiger partial charge in [-0.3, -0.25) is 0 Å². The number of benzene rings is 1. The van der Waals surface area contributed by atoms with Crippen LogP contribution >= 0.6 is 0 Å². The third kappa shape index (κ3) is 2.59. The van der Waals surface area contributed by atoms with Gasteiger partial charge in [0.25, 0.3) is 0 Å². The van der Waals surface area contributed by atoms with Gasteiger partial charge in [0, 0.05) is 18.9 Å². The number of halogens is 1. The summed E-state index contributed by atoms with van der Waals surface area (Å²) >= 11 is 0. The lowest BCUT2D eigenvalue weighted by atomic mass is 10.3. The van der Waals surface area contributed by atoms with E-state index in [9.17, 15) is 4.39 Å². The highest BCUT2D eigenvalue weighted by molar-refractivity contribution is 5.46. The molecule has 0 spiro atoms. The summed E-state index contributed by atoms with van der Waals surface area (Å²) in [7, 11) is 2.99. The second-order valence-electron chi connectivity index (χ2n) is 2.46. The van der Waals surface area contributed by atoms with Gasteiger partial charge < -0.3 is 14.8 Å². The number of rotatable bonds is 4. The van der Waals surface area contributed by atoms with Crippen molar-refractivity contribution >= 4 is 5.69 Å². The minimum Gasteiger partial charge on any atom is -0.494 e. The minimum atomic E-state index is -0.386. The molecule has 72 valence electrons. The number of ether oxygens (including phenoxy) is 2. The largest absolute Gasteiger partial charge is 0.494 e. The van der Waals surface area contributed by atoms with E-state index in [1.54, 1.807) is 19.2 Å². The SMILES string of the molecule is COCNc1ccc(OC)c(F)c1. The Bertz CT molecular complexity index is 278. The maximum absolute atomic E-state index is 13.1. The van der Waals surface area contributed by atoms with E-state index in [0.717, 1.165) is 0 Å². The van der Waals surface area contributed by atoms with E-state index < -0.39 is 0 Å². The summed E-state index contributed by atoms with van der Waals surface area (Å²) in [5.74, 6) is -0.147. The van der Waals surface area contributed by atoms with Crippen molar-refractivity contribution in [2.75, 3.05) is 26.3 Å². The van der Waals surface area contributed by atoms with E-state index in [0.29, 0.717) is 12.4 Å². The molecule has 0 radical (unpaired) electrons. The number of hydrogen-bond donors (Lipinski definition) is 1. The third-order valence-electron chi connectivity index (χ3n) is 1.57. The van der Waals surface area contributed by atoms with E-state index in [-0.39, 0.29) is 11.6 Å². The number of hydrogen-bond acceptors (Lipinski definition) is 3. The predicted molar refractivity (Wildman–Crippen MR) is 48.5 cm³/mol. The van der Waals surface area contributed by atoms with Crippen LogP contribution in [0.25, 0.3) is 0 Å². The van der Waals surface area contributed by atoms with Crippen molar-refractivity contribution in [1.82, 2.24) is 0 Å². The van der Waals surface area contributed by atoms with Crippen LogP contribution in [0.15, 0.2) is 18.2 Å². The minimum absolute atomic E-state index is 0.239. The molecule has 0 atom stereocenters. The van der Waals surface area contributed by atoms with Gasteiger partial charge in [-0.1, -0.05) is 0 Å². The van der Waals surface area contributed by atoms with Crippen molar-refractivity contribution in [3.63, 3.8) is 0 Å². The lowest BCUT2D eigenvalue weighted by Gasteiger charge is -2.06. The zero-order valence-corrected chi connectivity index (χ0v) is 7.63. The molecule has 1 N–H and O–H groups in total. The number of nitrogens with one attached hydrogen (secondary N) is 1. The molecule has 0 unspecified atom stereocenters. The highest BCUT2D eigenvalue weighted by Crippen LogP contribution is 2.20. The fourth-order valence-corrected chi connectivity index (χ4v) is 0.932. The van der Waals surface area contributed by atoms with Crippen molar-refractivity contribution in [2.24, 2.45) is 0 Å². The number of anilines is 1. The van der Waals surface area contributed by atoms with E-state index in [2.05, 4.69) is 5.32 Å². The number of methoxy groups -OCH3 is 2. The van der Waals surface area contributed by atoms with Crippen LogP contribution in [0.4, 0.5) is 10.1 Å². The smallest absolute Gasteiger partial charge is 0.167 e. The zero-order valence-electron chi connectivity index (χ0n) is 7.63. The van der Waals surface area contributed by atoms with Gasteiger partial charge in [-0.05, 0) is 12.1 Å². The molecule has 0 aliphatic heterocycles. The van der Waals surface area contributed by atoms with Gasteiger partial charge in [0.1, 0.15) is 6.73 Å². The molecular formula is C9H12FNO2. The average Bonchev–Trinajstić information content (AvgIpc) is 2.15. The second kappa shape index (κ2) is 4.67. The molecule has 0 heterocycles. The maximum atomic E-state index is 13.1. The van der Waals surface area contributed by atoms with Crippen LogP contribution in [-0.2, 0) is 4.74 Å². The molecule has 0 fully saturated rings. The molecule has 0 aliphatic rings. The molecule has 0 aromatic heterocycles. The molecular weight excluding hydrogens is 173 g/mol. The van der Waals surface area contributed by atoms with Crippen LogP contribution < -0.4 is 10.1 Å². The quantitative estimate of drug-likeness (QED) is 0.726. The summed E-state index contributed by atoms with van der Waals surface area (Å²) in [4.78, 5) is 0. The molecule has 3 nitrogen and oxygen atoms in total. The summed E-state index contributed by atoms with van der Waals surface area (Å²) < 4.78 is 22.6. The lowest BCUT2D eigenvalue weighted by Crippen LogP contribution is -2.03. The molecule has 0 saturated carbocycles. The fraction of sp³-hybridized carbons (Fsp3) is 0.333. The Labute approximate surface area is 76.5 Å². The average molecular weight is 185 g/mol. The topological polar surface area (TPSA) is 30.5 Å². The van der Waals surface area contributed by atoms with Crippen LogP contribution in [0, 0.1) is 5.82 Å². The van der Waals surface area contributed by atoms with Crippen molar-refractivity contribution in [3.8, 4) is 5.75 Å². The Hall–Kier alpha value is -1.29. The standard InChI is InChI=1S/C9H12FNO2/c1-12-6-11-7-3-4-9(13-2)8(10)5-7/h3-5,11H,6H2,1-2H3. The first-order valence-corrected chi connectivity index (χ1v) is 3.84. The first-order chi connectivity index (χ1) is 6.27. The van der Waals surface area contributed by atoms with Crippen LogP contribution in [0.1, 0.15) is 0 Å². The third-order valence-corrected chi connectivity index (χ3v) is 1.57. The molecule has 1 aromatic carbocycles. The Kier molecular flexibility index (Phi) is 3.52. The van der Waals surface area contributed by atoms with Crippen molar-refractivity contribution < 1.29 is 13.9 Å². The second-order valence-corrected chi connectivity index (χ2v) is 2.46. The van der Waals surface area contributed by atoms with Gasteiger partial charge in [-0.15, -0.1) is 0 Å². The molecule has 0 amide bonds. The van der Waals surface area contributed by atoms with E-state index in [1.807, 2.05) is 0 Å². The van der Waals surface area contributed by atoms with Gasteiger partial charge in [0.2, 0.25) is 0 Å². The molecule has 1 aromatic rings. The van der Waals surface area contributed by atoms with E-state index in [4.69, 9.17) is 9.47 Å². The Balaban J connectivity index is 2.71. The van der Waals surface area contributed by atoms with Gasteiger partial charge in [-0.25, -0.2) is 4.39 Å². The van der Waals surface area contributed by atoms with Crippen molar-refractivity contribution in [2.45, 2.75) is 0 Å². The lowest BCUT2D eigenvalue weighted by molar-refractivity contribution is 0.221. The molecule has 0 bridgehead atoms. The summed E-state index contributed by atoms with van der Waals surface area (Å²) in [5.41, 5.74) is 0.667. The van der Waals surface area contributed by atoms with Gasteiger partial charge in [0.05, 0.1) is 7.11 Å². The van der Waals surface area contributed by atoms with Gasteiger partial charge in [-0.2, -0.15) is 0 Å². The Morgan fingerprint density at radius 2 is 2.15 bits per heavy atom. The monoisotopic (exact) mass is 185 g/mol. The van der Waals surface area contributed by atoms with Crippen LogP contribution in [0.2, 0.25) is 0 Å². The predicted octanol–water partition coefficient (Wildman–Crippen LogP) is 1.85. The molecule has 4 heteroatoms. The summed E-state index contributed by atoms with van der Waals surface area (Å²) in [5, 5.41) is 2.87. The normalized spacial score (nSPS) is 9.77. The molecule has 0 saturated heterocycles. The maximum Gasteiger partial charge on any atom is 0.167 e. The van der Waals surface area contributed by atoms with E-state index in [1.165, 1.54) is 13.2 Å². The first kappa shape index (κ1) is 9.80.